The normalized spacial score (nSPS) is 19.0. The molecule has 3 aromatic rings. The highest BCUT2D eigenvalue weighted by Crippen LogP contribution is 2.32. The lowest BCUT2D eigenvalue weighted by Crippen LogP contribution is -3.09. The molecule has 1 aromatic heterocycles. The van der Waals surface area contributed by atoms with Gasteiger partial charge in [-0.2, -0.15) is 4.98 Å². The predicted octanol–water partition coefficient (Wildman–Crippen LogP) is 3.33. The Morgan fingerprint density at radius 2 is 1.96 bits per heavy atom. The fraction of sp³-hybridized carbons (Fsp3) is 0.333. The van der Waals surface area contributed by atoms with Crippen LogP contribution in [0.4, 0.5) is 0 Å². The molecule has 0 saturated carbocycles. The van der Waals surface area contributed by atoms with Crippen LogP contribution in [0.1, 0.15) is 30.3 Å². The SMILES string of the molecule is COc1ccc(OC)c([C@H]2CCC[NH+]2Cc2nc(-c3ccc(Cl)cc3)no2)c1. The van der Waals surface area contributed by atoms with E-state index in [9.17, 15) is 0 Å². The number of halogens is 1. The standard InChI is InChI=1S/C21H22ClN3O3/c1-26-16-9-10-19(27-2)17(12-16)18-4-3-11-25(18)13-20-23-21(24-28-20)14-5-7-15(22)8-6-14/h5-10,12,18H,3-4,11,13H2,1-2H3/p+1/t18-/m1/s1. The lowest BCUT2D eigenvalue weighted by Gasteiger charge is -2.22. The summed E-state index contributed by atoms with van der Waals surface area (Å²) in [4.78, 5) is 5.97. The Hall–Kier alpha value is -2.57. The van der Waals surface area contributed by atoms with Crippen LogP contribution in [0.5, 0.6) is 11.5 Å². The minimum absolute atomic E-state index is 0.302. The number of aromatic nitrogens is 2. The van der Waals surface area contributed by atoms with Crippen molar-refractivity contribution in [1.82, 2.24) is 10.1 Å². The quantitative estimate of drug-likeness (QED) is 0.687. The molecule has 6 nitrogen and oxygen atoms in total. The van der Waals surface area contributed by atoms with Crippen LogP contribution in [-0.4, -0.2) is 30.9 Å². The molecule has 1 N–H and O–H groups in total. The first kappa shape index (κ1) is 18.8. The van der Waals surface area contributed by atoms with Crippen molar-refractivity contribution in [3.05, 3.63) is 58.9 Å². The van der Waals surface area contributed by atoms with E-state index in [0.29, 0.717) is 29.3 Å². The molecule has 0 aliphatic carbocycles. The van der Waals surface area contributed by atoms with Gasteiger partial charge in [0.05, 0.1) is 26.3 Å². The molecule has 4 rings (SSSR count). The molecular formula is C21H23ClN3O3+. The number of hydrogen-bond acceptors (Lipinski definition) is 5. The summed E-state index contributed by atoms with van der Waals surface area (Å²) in [6.07, 6.45) is 2.22. The van der Waals surface area contributed by atoms with Gasteiger partial charge in [-0.05, 0) is 42.5 Å². The van der Waals surface area contributed by atoms with E-state index >= 15 is 0 Å². The van der Waals surface area contributed by atoms with Crippen molar-refractivity contribution in [1.29, 1.82) is 0 Å². The second-order valence-electron chi connectivity index (χ2n) is 6.91. The first-order valence-electron chi connectivity index (χ1n) is 9.33. The summed E-state index contributed by atoms with van der Waals surface area (Å²) in [5.41, 5.74) is 2.05. The van der Waals surface area contributed by atoms with Crippen LogP contribution in [0.2, 0.25) is 5.02 Å². The van der Waals surface area contributed by atoms with E-state index in [1.807, 2.05) is 36.4 Å². The number of nitrogens with one attached hydrogen (secondary N) is 1. The molecule has 28 heavy (non-hydrogen) atoms. The van der Waals surface area contributed by atoms with E-state index in [2.05, 4.69) is 16.2 Å². The third-order valence-electron chi connectivity index (χ3n) is 5.24. The van der Waals surface area contributed by atoms with Crippen LogP contribution >= 0.6 is 11.6 Å². The molecule has 146 valence electrons. The van der Waals surface area contributed by atoms with Gasteiger partial charge in [-0.1, -0.05) is 16.8 Å². The molecule has 1 aliphatic rings. The average molecular weight is 401 g/mol. The molecule has 1 saturated heterocycles. The number of likely N-dealkylation sites (tertiary alicyclic amines) is 1. The number of quaternary nitrogens is 1. The molecule has 2 aromatic carbocycles. The molecule has 1 aliphatic heterocycles. The molecule has 1 fully saturated rings. The molecule has 0 amide bonds. The molecule has 2 atom stereocenters. The number of ether oxygens (including phenoxy) is 2. The van der Waals surface area contributed by atoms with Gasteiger partial charge >= 0.3 is 0 Å². The van der Waals surface area contributed by atoms with E-state index in [0.717, 1.165) is 42.0 Å². The average Bonchev–Trinajstić information content (AvgIpc) is 3.38. The van der Waals surface area contributed by atoms with Crippen LogP contribution in [0.15, 0.2) is 47.0 Å². The minimum Gasteiger partial charge on any atom is -0.497 e. The van der Waals surface area contributed by atoms with Crippen molar-refractivity contribution in [3.63, 3.8) is 0 Å². The van der Waals surface area contributed by atoms with E-state index in [1.54, 1.807) is 14.2 Å². The van der Waals surface area contributed by atoms with Gasteiger partial charge in [-0.3, -0.25) is 0 Å². The Kier molecular flexibility index (Phi) is 5.50. The van der Waals surface area contributed by atoms with E-state index < -0.39 is 0 Å². The van der Waals surface area contributed by atoms with Gasteiger partial charge in [-0.15, -0.1) is 0 Å². The first-order valence-corrected chi connectivity index (χ1v) is 9.70. The summed E-state index contributed by atoms with van der Waals surface area (Å²) in [6.45, 7) is 1.72. The maximum atomic E-state index is 5.95. The Morgan fingerprint density at radius 3 is 2.71 bits per heavy atom. The minimum atomic E-state index is 0.302. The largest absolute Gasteiger partial charge is 0.497 e. The molecule has 0 radical (unpaired) electrons. The van der Waals surface area contributed by atoms with Gasteiger partial charge in [0, 0.05) is 23.4 Å². The van der Waals surface area contributed by atoms with E-state index in [4.69, 9.17) is 25.6 Å². The van der Waals surface area contributed by atoms with Crippen molar-refractivity contribution in [3.8, 4) is 22.9 Å². The maximum Gasteiger partial charge on any atom is 0.282 e. The van der Waals surface area contributed by atoms with Gasteiger partial charge in [0.1, 0.15) is 17.5 Å². The summed E-state index contributed by atoms with van der Waals surface area (Å²) in [7, 11) is 3.39. The second kappa shape index (κ2) is 8.20. The highest BCUT2D eigenvalue weighted by atomic mass is 35.5. The van der Waals surface area contributed by atoms with Gasteiger partial charge in [0.15, 0.2) is 6.54 Å². The van der Waals surface area contributed by atoms with Crippen molar-refractivity contribution in [2.24, 2.45) is 0 Å². The second-order valence-corrected chi connectivity index (χ2v) is 7.34. The fourth-order valence-corrected chi connectivity index (χ4v) is 3.97. The lowest BCUT2D eigenvalue weighted by molar-refractivity contribution is -0.933. The van der Waals surface area contributed by atoms with Gasteiger partial charge in [0.25, 0.3) is 5.89 Å². The summed E-state index contributed by atoms with van der Waals surface area (Å²) in [6, 6.07) is 13.7. The van der Waals surface area contributed by atoms with Crippen LogP contribution in [-0.2, 0) is 6.54 Å². The Balaban J connectivity index is 1.54. The molecule has 2 heterocycles. The molecular weight excluding hydrogens is 378 g/mol. The summed E-state index contributed by atoms with van der Waals surface area (Å²) < 4.78 is 16.5. The third kappa shape index (κ3) is 3.84. The zero-order chi connectivity index (χ0) is 19.5. The number of methoxy groups -OCH3 is 2. The van der Waals surface area contributed by atoms with Crippen molar-refractivity contribution in [2.75, 3.05) is 20.8 Å². The van der Waals surface area contributed by atoms with Gasteiger partial charge < -0.3 is 18.9 Å². The van der Waals surface area contributed by atoms with Crippen LogP contribution in [0.25, 0.3) is 11.4 Å². The number of nitrogens with zero attached hydrogens (tertiary/aromatic N) is 2. The number of hydrogen-bond donors (Lipinski definition) is 1. The smallest absolute Gasteiger partial charge is 0.282 e. The topological polar surface area (TPSA) is 61.8 Å². The highest BCUT2D eigenvalue weighted by Gasteiger charge is 2.34. The summed E-state index contributed by atoms with van der Waals surface area (Å²) in [5, 5.41) is 4.81. The zero-order valence-electron chi connectivity index (χ0n) is 15.9. The fourth-order valence-electron chi connectivity index (χ4n) is 3.85. The molecule has 0 bridgehead atoms. The van der Waals surface area contributed by atoms with Crippen molar-refractivity contribution >= 4 is 11.6 Å². The Morgan fingerprint density at radius 1 is 1.14 bits per heavy atom. The highest BCUT2D eigenvalue weighted by molar-refractivity contribution is 6.30. The van der Waals surface area contributed by atoms with E-state index in [-0.39, 0.29) is 0 Å². The van der Waals surface area contributed by atoms with Crippen molar-refractivity contribution < 1.29 is 18.9 Å². The first-order chi connectivity index (χ1) is 13.7. The number of benzene rings is 2. The number of rotatable bonds is 6. The maximum absolute atomic E-state index is 5.95. The lowest BCUT2D eigenvalue weighted by atomic mass is 10.0. The van der Waals surface area contributed by atoms with Gasteiger partial charge in [-0.25, -0.2) is 0 Å². The Bertz CT molecular complexity index is 942. The van der Waals surface area contributed by atoms with E-state index in [1.165, 1.54) is 4.90 Å². The Labute approximate surface area is 169 Å². The van der Waals surface area contributed by atoms with Crippen molar-refractivity contribution in [2.45, 2.75) is 25.4 Å². The predicted molar refractivity (Wildman–Crippen MR) is 106 cm³/mol. The monoisotopic (exact) mass is 400 g/mol. The summed E-state index contributed by atoms with van der Waals surface area (Å²) >= 11 is 5.95. The van der Waals surface area contributed by atoms with Crippen LogP contribution < -0.4 is 14.4 Å². The van der Waals surface area contributed by atoms with Crippen LogP contribution in [0, 0.1) is 0 Å². The summed E-state index contributed by atoms with van der Waals surface area (Å²) in [5.74, 6) is 2.94. The molecule has 0 spiro atoms. The van der Waals surface area contributed by atoms with Gasteiger partial charge in [0.2, 0.25) is 5.82 Å². The van der Waals surface area contributed by atoms with Crippen LogP contribution in [0.3, 0.4) is 0 Å². The third-order valence-corrected chi connectivity index (χ3v) is 5.50. The molecule has 7 heteroatoms. The zero-order valence-corrected chi connectivity index (χ0v) is 16.7. The molecule has 1 unspecified atom stereocenters.